The van der Waals surface area contributed by atoms with Gasteiger partial charge in [0.2, 0.25) is 5.78 Å². The summed E-state index contributed by atoms with van der Waals surface area (Å²) in [4.78, 5) is 19.5. The van der Waals surface area contributed by atoms with Gasteiger partial charge in [-0.25, -0.2) is 4.99 Å². The highest BCUT2D eigenvalue weighted by atomic mass is 16.3. The van der Waals surface area contributed by atoms with E-state index in [1.807, 2.05) is 0 Å². The van der Waals surface area contributed by atoms with Gasteiger partial charge in [-0.15, -0.1) is 0 Å². The lowest BCUT2D eigenvalue weighted by Crippen LogP contribution is -2.10. The molecule has 4 N–H and O–H groups in total. The highest BCUT2D eigenvalue weighted by Gasteiger charge is 2.31. The lowest BCUT2D eigenvalue weighted by molar-refractivity contribution is 0.106. The number of aryl methyl sites for hydroxylation is 1. The minimum atomic E-state index is -0.363. The van der Waals surface area contributed by atoms with Crippen LogP contribution in [0.25, 0.3) is 10.9 Å². The van der Waals surface area contributed by atoms with Gasteiger partial charge in [0.15, 0.2) is 5.88 Å². The molecule has 2 aromatic carbocycles. The summed E-state index contributed by atoms with van der Waals surface area (Å²) >= 11 is 0. The molecule has 6 heteroatoms. The lowest BCUT2D eigenvalue weighted by Gasteiger charge is -2.01. The fourth-order valence-corrected chi connectivity index (χ4v) is 2.86. The summed E-state index contributed by atoms with van der Waals surface area (Å²) in [7, 11) is 0. The fourth-order valence-electron chi connectivity index (χ4n) is 2.86. The molecule has 1 aromatic heterocycles. The fraction of sp³-hybridized carbons (Fsp3) is 0.0588. The zero-order valence-electron chi connectivity index (χ0n) is 12.1. The number of aliphatic imine (C=N–C) groups is 1. The Morgan fingerprint density at radius 3 is 2.61 bits per heavy atom. The summed E-state index contributed by atoms with van der Waals surface area (Å²) in [6, 6.07) is 7.77. The Balaban J connectivity index is 2.00. The molecule has 0 unspecified atom stereocenters. The number of nitrogens with zero attached hydrogens (tertiary/aromatic N) is 1. The molecule has 6 nitrogen and oxygen atoms in total. The molecule has 4 rings (SSSR count). The van der Waals surface area contributed by atoms with Gasteiger partial charge in [0.1, 0.15) is 22.9 Å². The quantitative estimate of drug-likeness (QED) is 0.554. The Morgan fingerprint density at radius 1 is 1.09 bits per heavy atom. The van der Waals surface area contributed by atoms with Crippen LogP contribution < -0.4 is 0 Å². The number of aromatic hydroxyl groups is 3. The molecule has 0 radical (unpaired) electrons. The van der Waals surface area contributed by atoms with Gasteiger partial charge in [0.25, 0.3) is 0 Å². The standard InChI is InChI=1S/C17H12N2O4/c1-7-5-9-10(6-12(7)21)18-17(23)13(9)15-16(22)8-3-2-4-11(20)14(8)19-15/h2-6,18,20-21,23H,1H3. The van der Waals surface area contributed by atoms with Crippen LogP contribution in [0.15, 0.2) is 35.3 Å². The number of benzene rings is 2. The third-order valence-electron chi connectivity index (χ3n) is 4.03. The first-order chi connectivity index (χ1) is 11.0. The highest BCUT2D eigenvalue weighted by molar-refractivity contribution is 6.57. The van der Waals surface area contributed by atoms with Gasteiger partial charge in [-0.05, 0) is 30.7 Å². The van der Waals surface area contributed by atoms with Crippen molar-refractivity contribution in [3.05, 3.63) is 47.0 Å². The number of nitrogens with one attached hydrogen (secondary N) is 1. The molecule has 114 valence electrons. The van der Waals surface area contributed by atoms with Gasteiger partial charge >= 0.3 is 0 Å². The third kappa shape index (κ3) is 1.75. The molecule has 0 fully saturated rings. The van der Waals surface area contributed by atoms with E-state index in [9.17, 15) is 20.1 Å². The van der Waals surface area contributed by atoms with E-state index in [0.717, 1.165) is 0 Å². The normalized spacial score (nSPS) is 13.4. The molecule has 1 aliphatic rings. The minimum absolute atomic E-state index is 0.0651. The van der Waals surface area contributed by atoms with Crippen molar-refractivity contribution in [3.63, 3.8) is 0 Å². The van der Waals surface area contributed by atoms with Crippen molar-refractivity contribution in [2.45, 2.75) is 6.92 Å². The maximum absolute atomic E-state index is 12.6. The molecule has 0 bridgehead atoms. The summed E-state index contributed by atoms with van der Waals surface area (Å²) in [5, 5.41) is 30.4. The van der Waals surface area contributed by atoms with Gasteiger partial charge < -0.3 is 20.3 Å². The Morgan fingerprint density at radius 2 is 1.87 bits per heavy atom. The van der Waals surface area contributed by atoms with E-state index in [4.69, 9.17) is 0 Å². The number of rotatable bonds is 1. The maximum atomic E-state index is 12.6. The predicted octanol–water partition coefficient (Wildman–Crippen LogP) is 2.91. The monoisotopic (exact) mass is 308 g/mol. The Kier molecular flexibility index (Phi) is 2.54. The number of hydrogen-bond acceptors (Lipinski definition) is 5. The van der Waals surface area contributed by atoms with E-state index >= 15 is 0 Å². The number of carbonyl (C=O) groups is 1. The lowest BCUT2D eigenvalue weighted by atomic mass is 10.0. The van der Waals surface area contributed by atoms with E-state index in [2.05, 4.69) is 9.98 Å². The molecular weight excluding hydrogens is 296 g/mol. The number of aromatic nitrogens is 1. The molecule has 0 saturated heterocycles. The summed E-state index contributed by atoms with van der Waals surface area (Å²) < 4.78 is 0. The number of ketones is 1. The topological polar surface area (TPSA) is 106 Å². The molecule has 3 aromatic rings. The van der Waals surface area contributed by atoms with Crippen molar-refractivity contribution in [1.29, 1.82) is 0 Å². The van der Waals surface area contributed by atoms with Crippen molar-refractivity contribution in [2.24, 2.45) is 4.99 Å². The number of para-hydroxylation sites is 1. The number of hydrogen-bond donors (Lipinski definition) is 4. The van der Waals surface area contributed by atoms with Crippen LogP contribution in [0, 0.1) is 6.92 Å². The van der Waals surface area contributed by atoms with Crippen LogP contribution in [0.3, 0.4) is 0 Å². The Hall–Kier alpha value is -3.28. The van der Waals surface area contributed by atoms with Crippen molar-refractivity contribution in [2.75, 3.05) is 0 Å². The second-order valence-electron chi connectivity index (χ2n) is 5.50. The smallest absolute Gasteiger partial charge is 0.214 e. The average molecular weight is 308 g/mol. The molecule has 1 aliphatic heterocycles. The van der Waals surface area contributed by atoms with Crippen LogP contribution in [0.1, 0.15) is 21.5 Å². The highest BCUT2D eigenvalue weighted by Crippen LogP contribution is 2.40. The first-order valence-corrected chi connectivity index (χ1v) is 6.97. The number of phenolic OH excluding ortho intramolecular Hbond substituents is 2. The van der Waals surface area contributed by atoms with Crippen molar-refractivity contribution in [1.82, 2.24) is 4.98 Å². The molecule has 0 atom stereocenters. The van der Waals surface area contributed by atoms with Crippen molar-refractivity contribution in [3.8, 4) is 17.4 Å². The molecule has 0 saturated carbocycles. The minimum Gasteiger partial charge on any atom is -0.508 e. The molecule has 0 spiro atoms. The number of phenols is 2. The molecule has 0 aliphatic carbocycles. The maximum Gasteiger partial charge on any atom is 0.214 e. The zero-order valence-corrected chi connectivity index (χ0v) is 12.1. The summed E-state index contributed by atoms with van der Waals surface area (Å²) in [5.74, 6) is -0.563. The number of H-pyrrole nitrogens is 1. The first kappa shape index (κ1) is 13.4. The van der Waals surface area contributed by atoms with Crippen LogP contribution >= 0.6 is 0 Å². The Bertz CT molecular complexity index is 1030. The van der Waals surface area contributed by atoms with Crippen LogP contribution in [0.2, 0.25) is 0 Å². The van der Waals surface area contributed by atoms with Gasteiger partial charge in [-0.1, -0.05) is 6.07 Å². The molecule has 0 amide bonds. The second kappa shape index (κ2) is 4.36. The molecule has 2 heterocycles. The first-order valence-electron chi connectivity index (χ1n) is 6.97. The van der Waals surface area contributed by atoms with E-state index in [0.29, 0.717) is 22.0 Å². The van der Waals surface area contributed by atoms with E-state index in [1.54, 1.807) is 25.1 Å². The van der Waals surface area contributed by atoms with Crippen LogP contribution in [0.4, 0.5) is 5.69 Å². The van der Waals surface area contributed by atoms with E-state index in [-0.39, 0.29) is 40.1 Å². The molecular formula is C17H12N2O4. The Labute approximate surface area is 130 Å². The van der Waals surface area contributed by atoms with Gasteiger partial charge in [-0.3, -0.25) is 4.79 Å². The number of Topliss-reactive ketones (excluding diaryl/α,β-unsaturated/α-hetero) is 1. The second-order valence-corrected chi connectivity index (χ2v) is 5.50. The van der Waals surface area contributed by atoms with Gasteiger partial charge in [0.05, 0.1) is 16.6 Å². The number of fused-ring (bicyclic) bond motifs is 2. The summed E-state index contributed by atoms with van der Waals surface area (Å²) in [6.45, 7) is 1.72. The SMILES string of the molecule is Cc1cc2c(C3=Nc4c(O)cccc4C3=O)c(O)[nH]c2cc1O. The van der Waals surface area contributed by atoms with Gasteiger partial charge in [0, 0.05) is 11.5 Å². The van der Waals surface area contributed by atoms with Gasteiger partial charge in [-0.2, -0.15) is 0 Å². The number of carbonyl (C=O) groups excluding carboxylic acids is 1. The predicted molar refractivity (Wildman–Crippen MR) is 85.0 cm³/mol. The van der Waals surface area contributed by atoms with E-state index in [1.165, 1.54) is 12.1 Å². The summed E-state index contributed by atoms with van der Waals surface area (Å²) in [6.07, 6.45) is 0. The van der Waals surface area contributed by atoms with Crippen LogP contribution in [0.5, 0.6) is 17.4 Å². The van der Waals surface area contributed by atoms with Crippen molar-refractivity contribution >= 4 is 28.1 Å². The van der Waals surface area contributed by atoms with Crippen LogP contribution in [-0.2, 0) is 0 Å². The summed E-state index contributed by atoms with van der Waals surface area (Å²) in [5.41, 5.74) is 1.94. The third-order valence-corrected chi connectivity index (χ3v) is 4.03. The van der Waals surface area contributed by atoms with Crippen LogP contribution in [-0.4, -0.2) is 31.8 Å². The number of aromatic amines is 1. The average Bonchev–Trinajstić information content (AvgIpc) is 2.98. The largest absolute Gasteiger partial charge is 0.508 e. The van der Waals surface area contributed by atoms with E-state index < -0.39 is 0 Å². The molecule has 23 heavy (non-hydrogen) atoms. The zero-order chi connectivity index (χ0) is 16.3. The van der Waals surface area contributed by atoms with Crippen molar-refractivity contribution < 1.29 is 20.1 Å².